The van der Waals surface area contributed by atoms with Crippen LogP contribution in [0.2, 0.25) is 0 Å². The fourth-order valence-corrected chi connectivity index (χ4v) is 5.47. The molecular weight excluding hydrogens is 430 g/mol. The molecule has 9 nitrogen and oxygen atoms in total. The highest BCUT2D eigenvalue weighted by atomic mass is 32.2. The molecule has 1 aliphatic rings. The third-order valence-electron chi connectivity index (χ3n) is 5.75. The number of piperidine rings is 1. The predicted molar refractivity (Wildman–Crippen MR) is 121 cm³/mol. The molecule has 2 aromatic carbocycles. The smallest absolute Gasteiger partial charge is 0.243 e. The molecule has 1 amide bonds. The standard InChI is InChI=1S/C22H27N5O4S/c1-3-12-27-20-9-8-17(15-19(20)24-25-27)32(29,30)26-13-10-16(11-14-26)22(28)23-18-6-4-5-7-21(18)31-2/h4-9,15-16H,3,10-14H2,1-2H3,(H,23,28). The first-order valence-electron chi connectivity index (χ1n) is 10.7. The number of aromatic nitrogens is 3. The second kappa shape index (κ2) is 9.25. The summed E-state index contributed by atoms with van der Waals surface area (Å²) in [4.78, 5) is 12.9. The molecule has 0 unspecified atom stereocenters. The van der Waals surface area contributed by atoms with Crippen LogP contribution in [-0.4, -0.2) is 53.8 Å². The Bertz CT molecular complexity index is 1220. The van der Waals surface area contributed by atoms with E-state index in [4.69, 9.17) is 4.74 Å². The van der Waals surface area contributed by atoms with Crippen LogP contribution in [0.25, 0.3) is 11.0 Å². The SMILES string of the molecule is CCCn1nnc2cc(S(=O)(=O)N3CCC(C(=O)Nc4ccccc4OC)CC3)ccc21. The second-order valence-electron chi connectivity index (χ2n) is 7.83. The van der Waals surface area contributed by atoms with Crippen molar-refractivity contribution in [2.24, 2.45) is 5.92 Å². The molecule has 0 spiro atoms. The van der Waals surface area contributed by atoms with Crippen LogP contribution in [0.3, 0.4) is 0 Å². The number of amides is 1. The van der Waals surface area contributed by atoms with E-state index in [1.54, 1.807) is 42.1 Å². The minimum Gasteiger partial charge on any atom is -0.495 e. The number of nitrogens with zero attached hydrogens (tertiary/aromatic N) is 4. The summed E-state index contributed by atoms with van der Waals surface area (Å²) in [5.41, 5.74) is 1.99. The molecule has 0 aliphatic carbocycles. The van der Waals surface area contributed by atoms with Crippen molar-refractivity contribution >= 4 is 32.7 Å². The van der Waals surface area contributed by atoms with Crippen molar-refractivity contribution in [2.75, 3.05) is 25.5 Å². The van der Waals surface area contributed by atoms with Gasteiger partial charge in [0.15, 0.2) is 0 Å². The number of rotatable bonds is 7. The molecule has 0 bridgehead atoms. The summed E-state index contributed by atoms with van der Waals surface area (Å²) in [7, 11) is -2.12. The summed E-state index contributed by atoms with van der Waals surface area (Å²) in [5, 5.41) is 11.1. The number of ether oxygens (including phenoxy) is 1. The highest BCUT2D eigenvalue weighted by Gasteiger charge is 2.32. The molecule has 0 saturated carbocycles. The van der Waals surface area contributed by atoms with Crippen molar-refractivity contribution < 1.29 is 17.9 Å². The number of methoxy groups -OCH3 is 1. The quantitative estimate of drug-likeness (QED) is 0.585. The van der Waals surface area contributed by atoms with Gasteiger partial charge in [0.25, 0.3) is 0 Å². The third kappa shape index (κ3) is 4.33. The Kier molecular flexibility index (Phi) is 6.43. The van der Waals surface area contributed by atoms with Gasteiger partial charge in [0.2, 0.25) is 15.9 Å². The fourth-order valence-electron chi connectivity index (χ4n) is 3.98. The van der Waals surface area contributed by atoms with E-state index in [9.17, 15) is 13.2 Å². The number of carbonyl (C=O) groups is 1. The first-order chi connectivity index (χ1) is 15.4. The summed E-state index contributed by atoms with van der Waals surface area (Å²) in [6.07, 6.45) is 1.82. The number of para-hydroxylation sites is 2. The van der Waals surface area contributed by atoms with Crippen molar-refractivity contribution in [3.63, 3.8) is 0 Å². The van der Waals surface area contributed by atoms with Crippen LogP contribution in [0, 0.1) is 5.92 Å². The van der Waals surface area contributed by atoms with Gasteiger partial charge in [-0.2, -0.15) is 4.31 Å². The molecule has 1 aromatic heterocycles. The number of benzene rings is 2. The summed E-state index contributed by atoms with van der Waals surface area (Å²) in [6.45, 7) is 3.35. The van der Waals surface area contributed by atoms with Crippen LogP contribution in [-0.2, 0) is 21.4 Å². The summed E-state index contributed by atoms with van der Waals surface area (Å²) in [5.74, 6) is 0.204. The molecule has 32 heavy (non-hydrogen) atoms. The average Bonchev–Trinajstić information content (AvgIpc) is 3.22. The van der Waals surface area contributed by atoms with Crippen LogP contribution in [0.15, 0.2) is 47.4 Å². The van der Waals surface area contributed by atoms with E-state index >= 15 is 0 Å². The Morgan fingerprint density at radius 3 is 2.66 bits per heavy atom. The molecule has 3 aromatic rings. The molecule has 1 fully saturated rings. The van der Waals surface area contributed by atoms with Crippen molar-refractivity contribution in [3.05, 3.63) is 42.5 Å². The first kappa shape index (κ1) is 22.2. The largest absolute Gasteiger partial charge is 0.495 e. The lowest BCUT2D eigenvalue weighted by Crippen LogP contribution is -2.41. The van der Waals surface area contributed by atoms with Gasteiger partial charge in [-0.1, -0.05) is 24.3 Å². The number of carbonyl (C=O) groups excluding carboxylic acids is 1. The number of hydrogen-bond donors (Lipinski definition) is 1. The minimum atomic E-state index is -3.67. The topological polar surface area (TPSA) is 106 Å². The van der Waals surface area contributed by atoms with Gasteiger partial charge in [-0.05, 0) is 49.6 Å². The van der Waals surface area contributed by atoms with E-state index in [0.717, 1.165) is 18.5 Å². The molecule has 1 aliphatic heterocycles. The van der Waals surface area contributed by atoms with Gasteiger partial charge in [0, 0.05) is 25.6 Å². The van der Waals surface area contributed by atoms with E-state index in [1.807, 2.05) is 19.1 Å². The Labute approximate surface area is 187 Å². The average molecular weight is 458 g/mol. The second-order valence-corrected chi connectivity index (χ2v) is 9.77. The molecule has 170 valence electrons. The van der Waals surface area contributed by atoms with E-state index in [1.165, 1.54) is 4.31 Å². The molecule has 1 N–H and O–H groups in total. The van der Waals surface area contributed by atoms with E-state index in [-0.39, 0.29) is 29.8 Å². The summed E-state index contributed by atoms with van der Waals surface area (Å²) >= 11 is 0. The number of anilines is 1. The zero-order valence-corrected chi connectivity index (χ0v) is 19.0. The Morgan fingerprint density at radius 1 is 1.19 bits per heavy atom. The number of aryl methyl sites for hydroxylation is 1. The van der Waals surface area contributed by atoms with Gasteiger partial charge >= 0.3 is 0 Å². The Balaban J connectivity index is 1.43. The lowest BCUT2D eigenvalue weighted by Gasteiger charge is -2.30. The van der Waals surface area contributed by atoms with Crippen LogP contribution in [0.1, 0.15) is 26.2 Å². The van der Waals surface area contributed by atoms with E-state index in [0.29, 0.717) is 29.8 Å². The zero-order valence-electron chi connectivity index (χ0n) is 18.2. The van der Waals surface area contributed by atoms with Gasteiger partial charge < -0.3 is 10.1 Å². The van der Waals surface area contributed by atoms with Crippen LogP contribution < -0.4 is 10.1 Å². The molecular formula is C22H27N5O4S. The van der Waals surface area contributed by atoms with Crippen molar-refractivity contribution in [3.8, 4) is 5.75 Å². The van der Waals surface area contributed by atoms with Crippen molar-refractivity contribution in [2.45, 2.75) is 37.6 Å². The van der Waals surface area contributed by atoms with Gasteiger partial charge in [-0.15, -0.1) is 5.10 Å². The lowest BCUT2D eigenvalue weighted by atomic mass is 9.97. The normalized spacial score (nSPS) is 15.7. The lowest BCUT2D eigenvalue weighted by molar-refractivity contribution is -0.120. The molecule has 0 atom stereocenters. The molecule has 4 rings (SSSR count). The van der Waals surface area contributed by atoms with Crippen molar-refractivity contribution in [1.82, 2.24) is 19.3 Å². The molecule has 0 radical (unpaired) electrons. The maximum Gasteiger partial charge on any atom is 0.243 e. The van der Waals surface area contributed by atoms with E-state index in [2.05, 4.69) is 15.6 Å². The Hall–Kier alpha value is -2.98. The van der Waals surface area contributed by atoms with Gasteiger partial charge in [0.1, 0.15) is 11.3 Å². The molecule has 10 heteroatoms. The summed E-state index contributed by atoms with van der Waals surface area (Å²) < 4.78 is 34.8. The number of hydrogen-bond acceptors (Lipinski definition) is 6. The number of nitrogens with one attached hydrogen (secondary N) is 1. The van der Waals surface area contributed by atoms with Crippen LogP contribution in [0.5, 0.6) is 5.75 Å². The number of fused-ring (bicyclic) bond motifs is 1. The van der Waals surface area contributed by atoms with Crippen LogP contribution >= 0.6 is 0 Å². The minimum absolute atomic E-state index is 0.125. The Morgan fingerprint density at radius 2 is 1.94 bits per heavy atom. The van der Waals surface area contributed by atoms with Gasteiger partial charge in [-0.25, -0.2) is 13.1 Å². The van der Waals surface area contributed by atoms with Crippen LogP contribution in [0.4, 0.5) is 5.69 Å². The first-order valence-corrected chi connectivity index (χ1v) is 12.2. The number of sulfonamides is 1. The zero-order chi connectivity index (χ0) is 22.7. The van der Waals surface area contributed by atoms with Gasteiger partial charge in [0.05, 0.1) is 23.2 Å². The van der Waals surface area contributed by atoms with Crippen molar-refractivity contribution in [1.29, 1.82) is 0 Å². The maximum atomic E-state index is 13.2. The van der Waals surface area contributed by atoms with E-state index < -0.39 is 10.0 Å². The fraction of sp³-hybridized carbons (Fsp3) is 0.409. The highest BCUT2D eigenvalue weighted by molar-refractivity contribution is 7.89. The third-order valence-corrected chi connectivity index (χ3v) is 7.64. The predicted octanol–water partition coefficient (Wildman–Crippen LogP) is 2.89. The summed E-state index contributed by atoms with van der Waals surface area (Å²) in [6, 6.07) is 12.2. The monoisotopic (exact) mass is 457 g/mol. The maximum absolute atomic E-state index is 13.2. The molecule has 1 saturated heterocycles. The highest BCUT2D eigenvalue weighted by Crippen LogP contribution is 2.28. The molecule has 2 heterocycles. The van der Waals surface area contributed by atoms with Gasteiger partial charge in [-0.3, -0.25) is 4.79 Å².